The lowest BCUT2D eigenvalue weighted by Crippen LogP contribution is -2.26. The predicted molar refractivity (Wildman–Crippen MR) is 79.0 cm³/mol. The molecule has 0 radical (unpaired) electrons. The van der Waals surface area contributed by atoms with Crippen molar-refractivity contribution in [3.8, 4) is 0 Å². The Morgan fingerprint density at radius 2 is 2.16 bits per heavy atom. The summed E-state index contributed by atoms with van der Waals surface area (Å²) in [5.41, 5.74) is 7.64. The first kappa shape index (κ1) is 13.7. The summed E-state index contributed by atoms with van der Waals surface area (Å²) < 4.78 is 0.932. The Labute approximate surface area is 120 Å². The van der Waals surface area contributed by atoms with Gasteiger partial charge in [0.05, 0.1) is 5.69 Å². The number of carbonyl (C=O) groups excluding carboxylic acids is 1. The summed E-state index contributed by atoms with van der Waals surface area (Å²) in [6.45, 7) is 0.321. The molecular weight excluding hydrogens is 306 g/mol. The largest absolute Gasteiger partial charge is 0.325 e. The van der Waals surface area contributed by atoms with Gasteiger partial charge in [-0.05, 0) is 30.3 Å². The molecule has 1 heterocycles. The van der Waals surface area contributed by atoms with E-state index in [2.05, 4.69) is 20.9 Å². The first-order chi connectivity index (χ1) is 9.11. The Bertz CT molecular complexity index is 601. The summed E-state index contributed by atoms with van der Waals surface area (Å²) in [6.07, 6.45) is 1.60. The summed E-state index contributed by atoms with van der Waals surface area (Å²) in [5.74, 6) is -0.0878. The Morgan fingerprint density at radius 3 is 2.84 bits per heavy atom. The number of nitrogens with two attached hydrogens (primary N) is 1. The maximum Gasteiger partial charge on any atom is 0.258 e. The molecule has 0 bridgehead atoms. The number of rotatable bonds is 3. The number of hydrogen-bond acceptors (Lipinski definition) is 3. The van der Waals surface area contributed by atoms with Crippen LogP contribution in [0, 0.1) is 0 Å². The van der Waals surface area contributed by atoms with Crippen LogP contribution in [0.4, 0.5) is 5.69 Å². The van der Waals surface area contributed by atoms with Gasteiger partial charge < -0.3 is 10.6 Å². The number of benzene rings is 1. The van der Waals surface area contributed by atoms with Gasteiger partial charge in [-0.2, -0.15) is 0 Å². The fourth-order valence-corrected chi connectivity index (χ4v) is 2.11. The molecule has 0 aliphatic rings. The van der Waals surface area contributed by atoms with Gasteiger partial charge >= 0.3 is 0 Å². The number of aromatic nitrogens is 1. The van der Waals surface area contributed by atoms with Crippen molar-refractivity contribution in [2.45, 2.75) is 6.54 Å². The minimum Gasteiger partial charge on any atom is -0.325 e. The van der Waals surface area contributed by atoms with Crippen molar-refractivity contribution in [3.05, 3.63) is 58.3 Å². The average Bonchev–Trinajstić information content (AvgIpc) is 2.45. The minimum absolute atomic E-state index is 0.0878. The van der Waals surface area contributed by atoms with Crippen LogP contribution in [-0.2, 0) is 6.54 Å². The highest BCUT2D eigenvalue weighted by atomic mass is 79.9. The van der Waals surface area contributed by atoms with Gasteiger partial charge in [-0.25, -0.2) is 0 Å². The minimum atomic E-state index is -0.0878. The third-order valence-electron chi connectivity index (χ3n) is 2.77. The van der Waals surface area contributed by atoms with Gasteiger partial charge in [0, 0.05) is 35.5 Å². The van der Waals surface area contributed by atoms with Crippen LogP contribution < -0.4 is 10.6 Å². The number of carbonyl (C=O) groups is 1. The van der Waals surface area contributed by atoms with E-state index in [0.29, 0.717) is 17.8 Å². The molecule has 2 rings (SSSR count). The second-order valence-corrected chi connectivity index (χ2v) is 5.00. The van der Waals surface area contributed by atoms with Gasteiger partial charge in [0.25, 0.3) is 5.91 Å². The zero-order chi connectivity index (χ0) is 13.8. The van der Waals surface area contributed by atoms with Gasteiger partial charge in [0.2, 0.25) is 0 Å². The Kier molecular flexibility index (Phi) is 4.29. The average molecular weight is 320 g/mol. The lowest BCUT2D eigenvalue weighted by Gasteiger charge is -2.17. The molecule has 5 heteroatoms. The smallest absolute Gasteiger partial charge is 0.258 e. The molecule has 2 aromatic rings. The highest BCUT2D eigenvalue weighted by molar-refractivity contribution is 9.10. The lowest BCUT2D eigenvalue weighted by atomic mass is 10.2. The number of hydrogen-bond donors (Lipinski definition) is 1. The molecule has 4 nitrogen and oxygen atoms in total. The number of amides is 1. The Hall–Kier alpha value is -1.72. The zero-order valence-electron chi connectivity index (χ0n) is 10.5. The Balaban J connectivity index is 2.28. The molecule has 1 amide bonds. The van der Waals surface area contributed by atoms with E-state index in [1.807, 2.05) is 24.3 Å². The van der Waals surface area contributed by atoms with E-state index in [4.69, 9.17) is 5.73 Å². The van der Waals surface area contributed by atoms with E-state index in [0.717, 1.165) is 10.2 Å². The van der Waals surface area contributed by atoms with Crippen molar-refractivity contribution in [2.75, 3.05) is 11.9 Å². The summed E-state index contributed by atoms with van der Waals surface area (Å²) in [5, 5.41) is 0. The van der Waals surface area contributed by atoms with Crippen molar-refractivity contribution in [3.63, 3.8) is 0 Å². The summed E-state index contributed by atoms with van der Waals surface area (Å²) in [6, 6.07) is 11.0. The van der Waals surface area contributed by atoms with E-state index in [1.165, 1.54) is 0 Å². The molecule has 0 atom stereocenters. The molecule has 0 aliphatic carbocycles. The van der Waals surface area contributed by atoms with Gasteiger partial charge in [0.15, 0.2) is 0 Å². The van der Waals surface area contributed by atoms with Gasteiger partial charge in [-0.15, -0.1) is 0 Å². The molecular formula is C14H14BrN3O. The predicted octanol–water partition coefficient (Wildman–Crippen LogP) is 2.58. The molecule has 0 aliphatic heterocycles. The van der Waals surface area contributed by atoms with Crippen LogP contribution in [0.2, 0.25) is 0 Å². The molecule has 0 saturated carbocycles. The van der Waals surface area contributed by atoms with Crippen LogP contribution in [0.25, 0.3) is 0 Å². The molecule has 19 heavy (non-hydrogen) atoms. The van der Waals surface area contributed by atoms with Crippen LogP contribution in [-0.4, -0.2) is 17.9 Å². The normalized spacial score (nSPS) is 10.3. The monoisotopic (exact) mass is 319 g/mol. The molecule has 98 valence electrons. The van der Waals surface area contributed by atoms with E-state index < -0.39 is 0 Å². The van der Waals surface area contributed by atoms with E-state index in [-0.39, 0.29) is 5.91 Å². The summed E-state index contributed by atoms with van der Waals surface area (Å²) in [4.78, 5) is 18.0. The van der Waals surface area contributed by atoms with E-state index >= 15 is 0 Å². The fourth-order valence-electron chi connectivity index (χ4n) is 1.72. The molecule has 1 aromatic carbocycles. The van der Waals surface area contributed by atoms with Crippen LogP contribution in [0.5, 0.6) is 0 Å². The first-order valence-electron chi connectivity index (χ1n) is 5.80. The standard InChI is InChI=1S/C14H14BrN3O/c1-18(13-4-2-3-11(15)8-13)14(19)10-5-6-17-12(7-10)9-16/h2-8H,9,16H2,1H3. The maximum atomic E-state index is 12.4. The van der Waals surface area contributed by atoms with Crippen LogP contribution >= 0.6 is 15.9 Å². The van der Waals surface area contributed by atoms with Gasteiger partial charge in [-0.1, -0.05) is 22.0 Å². The number of anilines is 1. The summed E-state index contributed by atoms with van der Waals surface area (Å²) in [7, 11) is 1.74. The Morgan fingerprint density at radius 1 is 1.37 bits per heavy atom. The molecule has 2 N–H and O–H groups in total. The second kappa shape index (κ2) is 5.95. The van der Waals surface area contributed by atoms with Crippen molar-refractivity contribution < 1.29 is 4.79 Å². The number of nitrogens with zero attached hydrogens (tertiary/aromatic N) is 2. The van der Waals surface area contributed by atoms with Gasteiger partial charge in [-0.3, -0.25) is 9.78 Å². The van der Waals surface area contributed by atoms with Crippen molar-refractivity contribution in [2.24, 2.45) is 5.73 Å². The van der Waals surface area contributed by atoms with Crippen LogP contribution in [0.1, 0.15) is 16.1 Å². The SMILES string of the molecule is CN(C(=O)c1ccnc(CN)c1)c1cccc(Br)c1. The highest BCUT2D eigenvalue weighted by Gasteiger charge is 2.14. The fraction of sp³-hybridized carbons (Fsp3) is 0.143. The molecule has 0 fully saturated rings. The molecule has 0 saturated heterocycles. The van der Waals surface area contributed by atoms with E-state index in [9.17, 15) is 4.79 Å². The third-order valence-corrected chi connectivity index (χ3v) is 3.27. The highest BCUT2D eigenvalue weighted by Crippen LogP contribution is 2.20. The topological polar surface area (TPSA) is 59.2 Å². The molecule has 0 spiro atoms. The summed E-state index contributed by atoms with van der Waals surface area (Å²) >= 11 is 3.39. The number of pyridine rings is 1. The quantitative estimate of drug-likeness (QED) is 0.945. The first-order valence-corrected chi connectivity index (χ1v) is 6.59. The van der Waals surface area contributed by atoms with Crippen LogP contribution in [0.3, 0.4) is 0 Å². The zero-order valence-corrected chi connectivity index (χ0v) is 12.1. The third kappa shape index (κ3) is 3.19. The van der Waals surface area contributed by atoms with Crippen molar-refractivity contribution >= 4 is 27.5 Å². The molecule has 0 unspecified atom stereocenters. The maximum absolute atomic E-state index is 12.4. The van der Waals surface area contributed by atoms with Crippen LogP contribution in [0.15, 0.2) is 47.1 Å². The van der Waals surface area contributed by atoms with E-state index in [1.54, 1.807) is 30.3 Å². The lowest BCUT2D eigenvalue weighted by molar-refractivity contribution is 0.0993. The van der Waals surface area contributed by atoms with Gasteiger partial charge in [0.1, 0.15) is 0 Å². The van der Waals surface area contributed by atoms with Crippen molar-refractivity contribution in [1.82, 2.24) is 4.98 Å². The number of halogens is 1. The molecule has 1 aromatic heterocycles. The van der Waals surface area contributed by atoms with Crippen molar-refractivity contribution in [1.29, 1.82) is 0 Å². The second-order valence-electron chi connectivity index (χ2n) is 4.08.